The number of ether oxygens (including phenoxy) is 1. The molecule has 20 heavy (non-hydrogen) atoms. The van der Waals surface area contributed by atoms with Gasteiger partial charge in [0, 0.05) is 21.6 Å². The highest BCUT2D eigenvalue weighted by Crippen LogP contribution is 2.27. The third-order valence-corrected chi connectivity index (χ3v) is 3.68. The average molecular weight is 343 g/mol. The molecule has 0 radical (unpaired) electrons. The second kappa shape index (κ2) is 7.09. The summed E-state index contributed by atoms with van der Waals surface area (Å²) in [5, 5.41) is 2.93. The lowest BCUT2D eigenvalue weighted by Gasteiger charge is -2.24. The van der Waals surface area contributed by atoms with Crippen molar-refractivity contribution in [2.75, 3.05) is 6.61 Å². The van der Waals surface area contributed by atoms with E-state index in [4.69, 9.17) is 10.5 Å². The van der Waals surface area contributed by atoms with Gasteiger partial charge in [-0.1, -0.05) is 28.9 Å². The van der Waals surface area contributed by atoms with Crippen LogP contribution >= 0.6 is 15.9 Å². The zero-order valence-electron chi connectivity index (χ0n) is 12.5. The van der Waals surface area contributed by atoms with Gasteiger partial charge in [-0.25, -0.2) is 0 Å². The molecule has 0 unspecified atom stereocenters. The summed E-state index contributed by atoms with van der Waals surface area (Å²) in [5.74, 6) is 0.506. The summed E-state index contributed by atoms with van der Waals surface area (Å²) in [6.45, 7) is 7.87. The van der Waals surface area contributed by atoms with Gasteiger partial charge in [0.05, 0.1) is 0 Å². The van der Waals surface area contributed by atoms with Crippen molar-refractivity contribution in [2.24, 2.45) is 5.73 Å². The Bertz CT molecular complexity index is 473. The molecule has 5 heteroatoms. The highest BCUT2D eigenvalue weighted by atomic mass is 79.9. The summed E-state index contributed by atoms with van der Waals surface area (Å²) in [6.07, 6.45) is 0.862. The van der Waals surface area contributed by atoms with Crippen molar-refractivity contribution in [3.8, 4) is 5.75 Å². The van der Waals surface area contributed by atoms with E-state index in [1.807, 2.05) is 45.9 Å². The molecule has 112 valence electrons. The van der Waals surface area contributed by atoms with Crippen LogP contribution < -0.4 is 15.8 Å². The van der Waals surface area contributed by atoms with Crippen molar-refractivity contribution in [2.45, 2.75) is 45.7 Å². The van der Waals surface area contributed by atoms with Gasteiger partial charge in [-0.15, -0.1) is 0 Å². The molecule has 3 N–H and O–H groups in total. The summed E-state index contributed by atoms with van der Waals surface area (Å²) in [5.41, 5.74) is 6.56. The third kappa shape index (κ3) is 5.13. The maximum Gasteiger partial charge on any atom is 0.258 e. The number of benzene rings is 1. The van der Waals surface area contributed by atoms with Crippen LogP contribution in [0.5, 0.6) is 5.75 Å². The molecule has 4 nitrogen and oxygen atoms in total. The van der Waals surface area contributed by atoms with Crippen LogP contribution in [0.2, 0.25) is 0 Å². The van der Waals surface area contributed by atoms with E-state index in [-0.39, 0.29) is 24.1 Å². The fraction of sp³-hybridized carbons (Fsp3) is 0.533. The summed E-state index contributed by atoms with van der Waals surface area (Å²) >= 11 is 3.39. The van der Waals surface area contributed by atoms with E-state index in [0.717, 1.165) is 16.5 Å². The fourth-order valence-corrected chi connectivity index (χ4v) is 1.99. The summed E-state index contributed by atoms with van der Waals surface area (Å²) < 4.78 is 6.50. The molecular weight excluding hydrogens is 320 g/mol. The molecule has 1 rings (SSSR count). The molecule has 1 aromatic carbocycles. The van der Waals surface area contributed by atoms with Crippen LogP contribution in [0, 0.1) is 0 Å². The van der Waals surface area contributed by atoms with E-state index in [1.165, 1.54) is 0 Å². The lowest BCUT2D eigenvalue weighted by molar-refractivity contribution is -0.124. The molecule has 0 spiro atoms. The SMILES string of the molecule is CCC(C)(C)NC(=O)COc1cc(Br)ccc1[C@H](C)N. The van der Waals surface area contributed by atoms with Gasteiger partial charge >= 0.3 is 0 Å². The molecule has 0 aliphatic heterocycles. The van der Waals surface area contributed by atoms with E-state index in [9.17, 15) is 4.79 Å². The molecule has 0 saturated carbocycles. The first-order valence-corrected chi connectivity index (χ1v) is 7.53. The minimum absolute atomic E-state index is 0.0143. The van der Waals surface area contributed by atoms with Crippen molar-refractivity contribution >= 4 is 21.8 Å². The minimum Gasteiger partial charge on any atom is -0.483 e. The van der Waals surface area contributed by atoms with Crippen LogP contribution in [0.25, 0.3) is 0 Å². The summed E-state index contributed by atoms with van der Waals surface area (Å²) in [6, 6.07) is 5.49. The highest BCUT2D eigenvalue weighted by molar-refractivity contribution is 9.10. The molecule has 0 heterocycles. The maximum absolute atomic E-state index is 11.9. The second-order valence-electron chi connectivity index (χ2n) is 5.55. The average Bonchev–Trinajstić information content (AvgIpc) is 2.35. The molecule has 0 fully saturated rings. The quantitative estimate of drug-likeness (QED) is 0.834. The van der Waals surface area contributed by atoms with Gasteiger partial charge in [-0.3, -0.25) is 4.79 Å². The predicted molar refractivity (Wildman–Crippen MR) is 84.8 cm³/mol. The van der Waals surface area contributed by atoms with Crippen LogP contribution in [-0.2, 0) is 4.79 Å². The Morgan fingerprint density at radius 3 is 2.70 bits per heavy atom. The summed E-state index contributed by atoms with van der Waals surface area (Å²) in [7, 11) is 0. The van der Waals surface area contributed by atoms with E-state index in [1.54, 1.807) is 0 Å². The van der Waals surface area contributed by atoms with Gasteiger partial charge in [0.15, 0.2) is 6.61 Å². The molecule has 0 aromatic heterocycles. The monoisotopic (exact) mass is 342 g/mol. The highest BCUT2D eigenvalue weighted by Gasteiger charge is 2.18. The maximum atomic E-state index is 11.9. The Hall–Kier alpha value is -1.07. The second-order valence-corrected chi connectivity index (χ2v) is 6.46. The number of carbonyl (C=O) groups excluding carboxylic acids is 1. The Morgan fingerprint density at radius 2 is 2.15 bits per heavy atom. The minimum atomic E-state index is -0.221. The zero-order chi connectivity index (χ0) is 15.3. The van der Waals surface area contributed by atoms with Gasteiger partial charge in [0.25, 0.3) is 5.91 Å². The van der Waals surface area contributed by atoms with Crippen LogP contribution in [0.15, 0.2) is 22.7 Å². The van der Waals surface area contributed by atoms with Crippen LogP contribution in [0.4, 0.5) is 0 Å². The van der Waals surface area contributed by atoms with Gasteiger partial charge in [-0.05, 0) is 39.3 Å². The number of nitrogens with one attached hydrogen (secondary N) is 1. The van der Waals surface area contributed by atoms with Crippen molar-refractivity contribution in [1.82, 2.24) is 5.32 Å². The molecule has 1 amide bonds. The lowest BCUT2D eigenvalue weighted by Crippen LogP contribution is -2.44. The fourth-order valence-electron chi connectivity index (χ4n) is 1.65. The number of halogens is 1. The van der Waals surface area contributed by atoms with Crippen LogP contribution in [-0.4, -0.2) is 18.1 Å². The van der Waals surface area contributed by atoms with E-state index in [0.29, 0.717) is 5.75 Å². The van der Waals surface area contributed by atoms with Gasteiger partial charge in [-0.2, -0.15) is 0 Å². The first-order valence-electron chi connectivity index (χ1n) is 6.74. The van der Waals surface area contributed by atoms with Crippen molar-refractivity contribution < 1.29 is 9.53 Å². The molecule has 1 aromatic rings. The van der Waals surface area contributed by atoms with Gasteiger partial charge < -0.3 is 15.8 Å². The standard InChI is InChI=1S/C15H23BrN2O2/c1-5-15(3,4)18-14(19)9-20-13-8-11(16)6-7-12(13)10(2)17/h6-8,10H,5,9,17H2,1-4H3,(H,18,19)/t10-/m0/s1. The Morgan fingerprint density at radius 1 is 1.50 bits per heavy atom. The lowest BCUT2D eigenvalue weighted by atomic mass is 10.0. The Balaban J connectivity index is 2.70. The Kier molecular flexibility index (Phi) is 6.02. The van der Waals surface area contributed by atoms with Crippen molar-refractivity contribution in [1.29, 1.82) is 0 Å². The normalized spacial score (nSPS) is 12.9. The van der Waals surface area contributed by atoms with E-state index < -0.39 is 0 Å². The van der Waals surface area contributed by atoms with Crippen molar-refractivity contribution in [3.63, 3.8) is 0 Å². The largest absolute Gasteiger partial charge is 0.483 e. The zero-order valence-corrected chi connectivity index (χ0v) is 14.1. The molecule has 0 aliphatic rings. The van der Waals surface area contributed by atoms with Crippen LogP contribution in [0.3, 0.4) is 0 Å². The first-order chi connectivity index (χ1) is 9.25. The number of rotatable bonds is 6. The molecular formula is C15H23BrN2O2. The number of carbonyl (C=O) groups is 1. The molecule has 0 saturated heterocycles. The predicted octanol–water partition coefficient (Wildman–Crippen LogP) is 3.15. The number of amides is 1. The van der Waals surface area contributed by atoms with E-state index >= 15 is 0 Å². The van der Waals surface area contributed by atoms with Gasteiger partial charge in [0.2, 0.25) is 0 Å². The third-order valence-electron chi connectivity index (χ3n) is 3.19. The number of hydrogen-bond acceptors (Lipinski definition) is 3. The topological polar surface area (TPSA) is 64.3 Å². The first kappa shape index (κ1) is 17.0. The van der Waals surface area contributed by atoms with Gasteiger partial charge in [0.1, 0.15) is 5.75 Å². The smallest absolute Gasteiger partial charge is 0.258 e. The summed E-state index contributed by atoms with van der Waals surface area (Å²) in [4.78, 5) is 11.9. The van der Waals surface area contributed by atoms with Crippen molar-refractivity contribution in [3.05, 3.63) is 28.2 Å². The Labute approximate surface area is 129 Å². The molecule has 1 atom stereocenters. The van der Waals surface area contributed by atoms with E-state index in [2.05, 4.69) is 21.2 Å². The number of nitrogens with two attached hydrogens (primary N) is 1. The molecule has 0 bridgehead atoms. The van der Waals surface area contributed by atoms with Crippen LogP contribution in [0.1, 0.15) is 45.7 Å². The number of hydrogen-bond donors (Lipinski definition) is 2. The molecule has 0 aliphatic carbocycles.